The van der Waals surface area contributed by atoms with Crippen molar-refractivity contribution in [2.45, 2.75) is 0 Å². The smallest absolute Gasteiger partial charge is 0.250 e. The van der Waals surface area contributed by atoms with E-state index >= 15 is 0 Å². The molecule has 1 rings (SSSR count). The van der Waals surface area contributed by atoms with Gasteiger partial charge in [0.15, 0.2) is 0 Å². The number of ether oxygens (including phenoxy) is 2. The van der Waals surface area contributed by atoms with Crippen molar-refractivity contribution in [3.8, 4) is 11.8 Å². The Morgan fingerprint density at radius 2 is 2.25 bits per heavy atom. The second-order valence-electron chi connectivity index (χ2n) is 3.01. The number of benzene rings is 1. The zero-order chi connectivity index (χ0) is 12.0. The van der Waals surface area contributed by atoms with Crippen molar-refractivity contribution in [2.75, 3.05) is 26.1 Å². The van der Waals surface area contributed by atoms with Gasteiger partial charge in [0.05, 0.1) is 24.4 Å². The van der Waals surface area contributed by atoms with Crippen LogP contribution in [0.3, 0.4) is 0 Å². The Kier molecular flexibility index (Phi) is 4.30. The van der Waals surface area contributed by atoms with Gasteiger partial charge in [-0.05, 0) is 12.1 Å². The number of carbonyl (C=O) groups is 1. The molecule has 0 bridgehead atoms. The van der Waals surface area contributed by atoms with Crippen LogP contribution in [0.2, 0.25) is 0 Å². The fourth-order valence-corrected chi connectivity index (χ4v) is 1.18. The molecule has 1 aromatic carbocycles. The number of rotatable bonds is 4. The van der Waals surface area contributed by atoms with Gasteiger partial charge in [-0.3, -0.25) is 4.79 Å². The Balaban J connectivity index is 2.88. The molecule has 0 atom stereocenters. The number of methoxy groups -OCH3 is 2. The summed E-state index contributed by atoms with van der Waals surface area (Å²) >= 11 is 0. The molecule has 0 radical (unpaired) electrons. The molecule has 1 N–H and O–H groups in total. The fourth-order valence-electron chi connectivity index (χ4n) is 1.18. The molecular weight excluding hydrogens is 208 g/mol. The van der Waals surface area contributed by atoms with Crippen LogP contribution in [-0.2, 0) is 9.53 Å². The quantitative estimate of drug-likeness (QED) is 0.826. The number of amides is 1. The van der Waals surface area contributed by atoms with Gasteiger partial charge in [-0.15, -0.1) is 0 Å². The Morgan fingerprint density at radius 1 is 1.50 bits per heavy atom. The van der Waals surface area contributed by atoms with Crippen LogP contribution in [0.4, 0.5) is 5.69 Å². The first-order valence-electron chi connectivity index (χ1n) is 4.58. The van der Waals surface area contributed by atoms with Gasteiger partial charge in [-0.1, -0.05) is 0 Å². The van der Waals surface area contributed by atoms with Crippen LogP contribution in [0.5, 0.6) is 5.75 Å². The lowest BCUT2D eigenvalue weighted by Crippen LogP contribution is -2.17. The van der Waals surface area contributed by atoms with Crippen LogP contribution in [0.15, 0.2) is 18.2 Å². The molecule has 0 aliphatic carbocycles. The van der Waals surface area contributed by atoms with Crippen LogP contribution in [0.25, 0.3) is 0 Å². The average Bonchev–Trinajstić information content (AvgIpc) is 2.30. The number of hydrogen-bond acceptors (Lipinski definition) is 4. The lowest BCUT2D eigenvalue weighted by molar-refractivity contribution is -0.119. The molecule has 5 heteroatoms. The Morgan fingerprint density at radius 3 is 2.81 bits per heavy atom. The van der Waals surface area contributed by atoms with Gasteiger partial charge in [-0.25, -0.2) is 0 Å². The molecule has 1 amide bonds. The van der Waals surface area contributed by atoms with Gasteiger partial charge in [0.1, 0.15) is 12.4 Å². The van der Waals surface area contributed by atoms with Crippen LogP contribution >= 0.6 is 0 Å². The highest BCUT2D eigenvalue weighted by Gasteiger charge is 2.07. The highest BCUT2D eigenvalue weighted by molar-refractivity contribution is 5.93. The van der Waals surface area contributed by atoms with Crippen LogP contribution in [0, 0.1) is 11.3 Å². The van der Waals surface area contributed by atoms with E-state index in [1.807, 2.05) is 6.07 Å². The predicted octanol–water partition coefficient (Wildman–Crippen LogP) is 1.15. The molecule has 0 unspecified atom stereocenters. The summed E-state index contributed by atoms with van der Waals surface area (Å²) in [7, 11) is 2.91. The van der Waals surface area contributed by atoms with Gasteiger partial charge in [0, 0.05) is 13.2 Å². The molecule has 84 valence electrons. The maximum absolute atomic E-state index is 11.3. The first-order chi connectivity index (χ1) is 7.71. The van der Waals surface area contributed by atoms with E-state index in [0.717, 1.165) is 0 Å². The molecule has 0 aliphatic heterocycles. The summed E-state index contributed by atoms with van der Waals surface area (Å²) in [6.07, 6.45) is 0. The number of nitrogens with zero attached hydrogens (tertiary/aromatic N) is 1. The topological polar surface area (TPSA) is 71.3 Å². The van der Waals surface area contributed by atoms with E-state index in [1.54, 1.807) is 18.2 Å². The van der Waals surface area contributed by atoms with Gasteiger partial charge in [0.2, 0.25) is 5.91 Å². The summed E-state index contributed by atoms with van der Waals surface area (Å²) in [5.74, 6) is 0.175. The normalized spacial score (nSPS) is 9.31. The van der Waals surface area contributed by atoms with Gasteiger partial charge in [-0.2, -0.15) is 5.26 Å². The van der Waals surface area contributed by atoms with Crippen molar-refractivity contribution >= 4 is 11.6 Å². The van der Waals surface area contributed by atoms with E-state index < -0.39 is 0 Å². The minimum Gasteiger partial charge on any atom is -0.495 e. The zero-order valence-corrected chi connectivity index (χ0v) is 9.11. The largest absolute Gasteiger partial charge is 0.495 e. The van der Waals surface area contributed by atoms with Gasteiger partial charge < -0.3 is 14.8 Å². The summed E-state index contributed by atoms with van der Waals surface area (Å²) in [5.41, 5.74) is 0.991. The van der Waals surface area contributed by atoms with Crippen LogP contribution in [-0.4, -0.2) is 26.7 Å². The van der Waals surface area contributed by atoms with Crippen molar-refractivity contribution in [1.29, 1.82) is 5.26 Å². The standard InChI is InChI=1S/C11H12N2O3/c1-15-7-11(14)13-9-4-3-8(6-12)5-10(9)16-2/h3-5H,7H2,1-2H3,(H,13,14). The Labute approximate surface area is 93.6 Å². The van der Waals surface area contributed by atoms with E-state index in [-0.39, 0.29) is 12.5 Å². The minimum absolute atomic E-state index is 0.0246. The molecule has 5 nitrogen and oxygen atoms in total. The number of nitriles is 1. The molecular formula is C11H12N2O3. The van der Waals surface area contributed by atoms with Crippen molar-refractivity contribution in [3.63, 3.8) is 0 Å². The SMILES string of the molecule is COCC(=O)Nc1ccc(C#N)cc1OC. The Hall–Kier alpha value is -2.06. The van der Waals surface area contributed by atoms with Gasteiger partial charge in [0.25, 0.3) is 0 Å². The number of hydrogen-bond donors (Lipinski definition) is 1. The van der Waals surface area contributed by atoms with Crippen molar-refractivity contribution in [3.05, 3.63) is 23.8 Å². The third-order valence-corrected chi connectivity index (χ3v) is 1.88. The van der Waals surface area contributed by atoms with Crippen molar-refractivity contribution < 1.29 is 14.3 Å². The summed E-state index contributed by atoms with van der Waals surface area (Å²) in [4.78, 5) is 11.3. The number of anilines is 1. The second-order valence-corrected chi connectivity index (χ2v) is 3.01. The molecule has 1 aromatic rings. The number of carbonyl (C=O) groups excluding carboxylic acids is 1. The van der Waals surface area contributed by atoms with Crippen LogP contribution < -0.4 is 10.1 Å². The highest BCUT2D eigenvalue weighted by Crippen LogP contribution is 2.25. The molecule has 0 spiro atoms. The summed E-state index contributed by atoms with van der Waals surface area (Å²) in [5, 5.41) is 11.3. The maximum atomic E-state index is 11.3. The lowest BCUT2D eigenvalue weighted by Gasteiger charge is -2.09. The minimum atomic E-state index is -0.273. The second kappa shape index (κ2) is 5.73. The summed E-state index contributed by atoms with van der Waals surface area (Å²) in [6.45, 7) is -0.0246. The van der Waals surface area contributed by atoms with E-state index in [2.05, 4.69) is 10.1 Å². The summed E-state index contributed by atoms with van der Waals surface area (Å²) < 4.78 is 9.75. The molecule has 16 heavy (non-hydrogen) atoms. The maximum Gasteiger partial charge on any atom is 0.250 e. The predicted molar refractivity (Wildman–Crippen MR) is 58.2 cm³/mol. The summed E-state index contributed by atoms with van der Waals surface area (Å²) in [6, 6.07) is 6.77. The lowest BCUT2D eigenvalue weighted by atomic mass is 10.2. The molecule has 0 saturated heterocycles. The monoisotopic (exact) mass is 220 g/mol. The third-order valence-electron chi connectivity index (χ3n) is 1.88. The zero-order valence-electron chi connectivity index (χ0n) is 9.11. The van der Waals surface area contributed by atoms with Gasteiger partial charge >= 0.3 is 0 Å². The van der Waals surface area contributed by atoms with E-state index in [0.29, 0.717) is 17.0 Å². The molecule has 0 saturated carbocycles. The fraction of sp³-hybridized carbons (Fsp3) is 0.273. The van der Waals surface area contributed by atoms with E-state index in [4.69, 9.17) is 10.00 Å². The van der Waals surface area contributed by atoms with Crippen molar-refractivity contribution in [1.82, 2.24) is 0 Å². The molecule has 0 aliphatic rings. The first kappa shape index (κ1) is 12.0. The molecule has 0 aromatic heterocycles. The highest BCUT2D eigenvalue weighted by atomic mass is 16.5. The van der Waals surface area contributed by atoms with Crippen molar-refractivity contribution in [2.24, 2.45) is 0 Å². The van der Waals surface area contributed by atoms with E-state index in [1.165, 1.54) is 14.2 Å². The number of nitrogens with one attached hydrogen (secondary N) is 1. The molecule has 0 heterocycles. The Bertz CT molecular complexity index is 424. The molecule has 0 fully saturated rings. The third kappa shape index (κ3) is 2.97. The average molecular weight is 220 g/mol. The van der Waals surface area contributed by atoms with E-state index in [9.17, 15) is 4.79 Å². The first-order valence-corrected chi connectivity index (χ1v) is 4.58. The van der Waals surface area contributed by atoms with Crippen LogP contribution in [0.1, 0.15) is 5.56 Å².